The molecule has 0 radical (unpaired) electrons. The first-order chi connectivity index (χ1) is 16.5. The van der Waals surface area contributed by atoms with Crippen LogP contribution in [0.2, 0.25) is 0 Å². The molecular formula is C27H33FN2O4. The Morgan fingerprint density at radius 1 is 1.12 bits per heavy atom. The Hall–Kier alpha value is -2.77. The highest BCUT2D eigenvalue weighted by Gasteiger charge is 2.35. The van der Waals surface area contributed by atoms with Gasteiger partial charge in [-0.2, -0.15) is 0 Å². The molecule has 6 nitrogen and oxygen atoms in total. The highest BCUT2D eigenvalue weighted by molar-refractivity contribution is 6.02. The highest BCUT2D eigenvalue weighted by atomic mass is 19.1. The van der Waals surface area contributed by atoms with E-state index in [4.69, 9.17) is 9.47 Å². The summed E-state index contributed by atoms with van der Waals surface area (Å²) in [5.74, 6) is -1.14. The normalized spacial score (nSPS) is 19.5. The van der Waals surface area contributed by atoms with Crippen LogP contribution in [0.15, 0.2) is 48.5 Å². The van der Waals surface area contributed by atoms with E-state index in [-0.39, 0.29) is 24.7 Å². The van der Waals surface area contributed by atoms with Crippen LogP contribution in [0, 0.1) is 12.7 Å². The van der Waals surface area contributed by atoms with Gasteiger partial charge in [0.05, 0.1) is 12.7 Å². The van der Waals surface area contributed by atoms with Crippen molar-refractivity contribution in [2.24, 2.45) is 0 Å². The van der Waals surface area contributed by atoms with Crippen LogP contribution in [0.4, 0.5) is 10.1 Å². The molecule has 2 aromatic rings. The van der Waals surface area contributed by atoms with E-state index in [1.807, 2.05) is 31.2 Å². The summed E-state index contributed by atoms with van der Waals surface area (Å²) in [6, 6.07) is 12.5. The van der Waals surface area contributed by atoms with Crippen molar-refractivity contribution in [1.29, 1.82) is 0 Å². The molecule has 7 heteroatoms. The van der Waals surface area contributed by atoms with Gasteiger partial charge >= 0.3 is 0 Å². The monoisotopic (exact) mass is 468 g/mol. The molecule has 1 N–H and O–H groups in total. The average Bonchev–Trinajstić information content (AvgIpc) is 3.36. The van der Waals surface area contributed by atoms with Gasteiger partial charge in [-0.25, -0.2) is 4.39 Å². The first-order valence-corrected chi connectivity index (χ1v) is 12.2. The number of carbonyl (C=O) groups excluding carboxylic acids is 2. The minimum Gasteiger partial charge on any atom is -0.379 e. The molecule has 2 aromatic carbocycles. The van der Waals surface area contributed by atoms with Crippen molar-refractivity contribution >= 4 is 17.5 Å². The van der Waals surface area contributed by atoms with Crippen molar-refractivity contribution in [1.82, 2.24) is 5.32 Å². The lowest BCUT2D eigenvalue weighted by Crippen LogP contribution is -2.48. The van der Waals surface area contributed by atoms with Crippen LogP contribution >= 0.6 is 0 Å². The van der Waals surface area contributed by atoms with Crippen molar-refractivity contribution in [2.75, 3.05) is 24.7 Å². The molecule has 1 saturated heterocycles. The number of anilines is 1. The summed E-state index contributed by atoms with van der Waals surface area (Å²) in [7, 11) is 0. The predicted octanol–water partition coefficient (Wildman–Crippen LogP) is 4.46. The molecule has 1 saturated carbocycles. The third-order valence-electron chi connectivity index (χ3n) is 6.63. The summed E-state index contributed by atoms with van der Waals surface area (Å²) < 4.78 is 25.4. The number of hydrogen-bond donors (Lipinski definition) is 1. The Balaban J connectivity index is 1.69. The quantitative estimate of drug-likeness (QED) is 0.621. The van der Waals surface area contributed by atoms with Crippen molar-refractivity contribution < 1.29 is 23.5 Å². The van der Waals surface area contributed by atoms with Gasteiger partial charge in [-0.05, 0) is 55.5 Å². The third-order valence-corrected chi connectivity index (χ3v) is 6.63. The van der Waals surface area contributed by atoms with Crippen LogP contribution in [0.25, 0.3) is 0 Å². The van der Waals surface area contributed by atoms with Gasteiger partial charge in [0.15, 0.2) is 0 Å². The number of ether oxygens (including phenoxy) is 2. The molecule has 0 spiro atoms. The number of hydrogen-bond acceptors (Lipinski definition) is 4. The average molecular weight is 469 g/mol. The topological polar surface area (TPSA) is 67.9 Å². The SMILES string of the molecule is Cc1ccccc1C(C(=O)NC1CCCCC1)N(C(=O)COC1CCOC1)c1cccc(F)c1. The Bertz CT molecular complexity index is 986. The maximum Gasteiger partial charge on any atom is 0.254 e. The van der Waals surface area contributed by atoms with Crippen LogP contribution in [0.3, 0.4) is 0 Å². The van der Waals surface area contributed by atoms with Gasteiger partial charge in [0.25, 0.3) is 5.91 Å². The lowest BCUT2D eigenvalue weighted by atomic mass is 9.93. The Morgan fingerprint density at radius 3 is 2.62 bits per heavy atom. The van der Waals surface area contributed by atoms with Crippen LogP contribution in [-0.4, -0.2) is 43.8 Å². The number of nitrogens with zero attached hydrogens (tertiary/aromatic N) is 1. The Morgan fingerprint density at radius 2 is 1.91 bits per heavy atom. The van der Waals surface area contributed by atoms with E-state index in [9.17, 15) is 14.0 Å². The Kier molecular flexibility index (Phi) is 8.29. The number of halogens is 1. The molecule has 182 valence electrons. The second kappa shape index (κ2) is 11.6. The van der Waals surface area contributed by atoms with Gasteiger partial charge in [0.1, 0.15) is 18.5 Å². The van der Waals surface area contributed by atoms with E-state index >= 15 is 0 Å². The maximum absolute atomic E-state index is 14.3. The standard InChI is InChI=1S/C27H33FN2O4/c1-19-8-5-6-13-24(19)26(27(32)29-21-10-3-2-4-11-21)30(22-12-7-9-20(28)16-22)25(31)18-34-23-14-15-33-17-23/h5-9,12-13,16,21,23,26H,2-4,10-11,14-15,17-18H2,1H3,(H,29,32). The van der Waals surface area contributed by atoms with E-state index in [1.165, 1.54) is 23.5 Å². The van der Waals surface area contributed by atoms with Gasteiger partial charge in [0, 0.05) is 18.3 Å². The van der Waals surface area contributed by atoms with Crippen molar-refractivity contribution in [3.8, 4) is 0 Å². The van der Waals surface area contributed by atoms with Gasteiger partial charge in [-0.3, -0.25) is 14.5 Å². The van der Waals surface area contributed by atoms with E-state index in [0.717, 1.165) is 37.7 Å². The van der Waals surface area contributed by atoms with E-state index in [0.29, 0.717) is 24.5 Å². The molecule has 0 aromatic heterocycles. The Labute approximate surface area is 200 Å². The van der Waals surface area contributed by atoms with Crippen LogP contribution < -0.4 is 10.2 Å². The van der Waals surface area contributed by atoms with Crippen LogP contribution in [0.1, 0.15) is 55.7 Å². The third kappa shape index (κ3) is 6.02. The molecule has 2 aliphatic rings. The summed E-state index contributed by atoms with van der Waals surface area (Å²) >= 11 is 0. The van der Waals surface area contributed by atoms with Crippen molar-refractivity contribution in [2.45, 2.75) is 63.6 Å². The zero-order valence-electron chi connectivity index (χ0n) is 19.7. The number of benzene rings is 2. The van der Waals surface area contributed by atoms with E-state index < -0.39 is 17.8 Å². The molecule has 2 amide bonds. The van der Waals surface area contributed by atoms with Gasteiger partial charge < -0.3 is 14.8 Å². The molecule has 1 aliphatic heterocycles. The lowest BCUT2D eigenvalue weighted by molar-refractivity contribution is -0.130. The minimum absolute atomic E-state index is 0.0733. The van der Waals surface area contributed by atoms with Crippen LogP contribution in [0.5, 0.6) is 0 Å². The van der Waals surface area contributed by atoms with E-state index in [2.05, 4.69) is 5.32 Å². The number of rotatable bonds is 8. The molecular weight excluding hydrogens is 435 g/mol. The highest BCUT2D eigenvalue weighted by Crippen LogP contribution is 2.31. The molecule has 1 heterocycles. The fourth-order valence-corrected chi connectivity index (χ4v) is 4.78. The number of carbonyl (C=O) groups is 2. The number of amides is 2. The predicted molar refractivity (Wildman–Crippen MR) is 128 cm³/mol. The number of aryl methyl sites for hydroxylation is 1. The minimum atomic E-state index is -0.944. The fourth-order valence-electron chi connectivity index (χ4n) is 4.78. The van der Waals surface area contributed by atoms with Crippen molar-refractivity contribution in [3.05, 3.63) is 65.5 Å². The van der Waals surface area contributed by atoms with Crippen molar-refractivity contribution in [3.63, 3.8) is 0 Å². The molecule has 2 atom stereocenters. The molecule has 4 rings (SSSR count). The first kappa shape index (κ1) is 24.4. The molecule has 0 bridgehead atoms. The first-order valence-electron chi connectivity index (χ1n) is 12.2. The van der Waals surface area contributed by atoms with Gasteiger partial charge in [-0.1, -0.05) is 49.6 Å². The maximum atomic E-state index is 14.3. The largest absolute Gasteiger partial charge is 0.379 e. The van der Waals surface area contributed by atoms with Gasteiger partial charge in [-0.15, -0.1) is 0 Å². The fraction of sp³-hybridized carbons (Fsp3) is 0.481. The summed E-state index contributed by atoms with van der Waals surface area (Å²) in [6.07, 6.45) is 5.72. The van der Waals surface area contributed by atoms with Crippen LogP contribution in [-0.2, 0) is 19.1 Å². The number of nitrogens with one attached hydrogen (secondary N) is 1. The summed E-state index contributed by atoms with van der Waals surface area (Å²) in [4.78, 5) is 28.7. The molecule has 1 aliphatic carbocycles. The van der Waals surface area contributed by atoms with E-state index in [1.54, 1.807) is 12.1 Å². The lowest BCUT2D eigenvalue weighted by Gasteiger charge is -2.34. The zero-order chi connectivity index (χ0) is 23.9. The zero-order valence-corrected chi connectivity index (χ0v) is 19.7. The second-order valence-electron chi connectivity index (χ2n) is 9.14. The molecule has 2 unspecified atom stereocenters. The van der Waals surface area contributed by atoms with Gasteiger partial charge in [0.2, 0.25) is 5.91 Å². The smallest absolute Gasteiger partial charge is 0.254 e. The second-order valence-corrected chi connectivity index (χ2v) is 9.14. The molecule has 34 heavy (non-hydrogen) atoms. The summed E-state index contributed by atoms with van der Waals surface area (Å²) in [5.41, 5.74) is 1.91. The summed E-state index contributed by atoms with van der Waals surface area (Å²) in [5, 5.41) is 3.17. The summed E-state index contributed by atoms with van der Waals surface area (Å²) in [6.45, 7) is 2.74. The molecule has 2 fully saturated rings.